The molecule has 4 rings (SSSR count). The van der Waals surface area contributed by atoms with Crippen molar-refractivity contribution in [2.24, 2.45) is 0 Å². The van der Waals surface area contributed by atoms with Crippen LogP contribution in [0.3, 0.4) is 0 Å². The molecule has 1 aromatic carbocycles. The second-order valence-corrected chi connectivity index (χ2v) is 7.14. The van der Waals surface area contributed by atoms with Crippen LogP contribution in [-0.2, 0) is 4.74 Å². The van der Waals surface area contributed by atoms with Gasteiger partial charge in [-0.2, -0.15) is 0 Å². The van der Waals surface area contributed by atoms with E-state index < -0.39 is 0 Å². The third kappa shape index (κ3) is 3.49. The van der Waals surface area contributed by atoms with E-state index in [-0.39, 0.29) is 18.1 Å². The monoisotopic (exact) mass is 406 g/mol. The van der Waals surface area contributed by atoms with Crippen molar-refractivity contribution in [3.8, 4) is 5.69 Å². The summed E-state index contributed by atoms with van der Waals surface area (Å²) in [6.45, 7) is 2.86. The fourth-order valence-electron chi connectivity index (χ4n) is 3.84. The zero-order chi connectivity index (χ0) is 20.4. The molecular weight excluding hydrogens is 384 g/mol. The van der Waals surface area contributed by atoms with E-state index in [0.717, 1.165) is 23.6 Å². The highest BCUT2D eigenvalue weighted by atomic mass is 32.1. The molecular formula is C22H22N4O2S. The van der Waals surface area contributed by atoms with Gasteiger partial charge in [0.1, 0.15) is 0 Å². The Morgan fingerprint density at radius 1 is 1.21 bits per heavy atom. The maximum Gasteiger partial charge on any atom is 0.337 e. The minimum absolute atomic E-state index is 0.0285. The van der Waals surface area contributed by atoms with Crippen LogP contribution in [0.1, 0.15) is 40.8 Å². The predicted octanol–water partition coefficient (Wildman–Crippen LogP) is 3.65. The smallest absolute Gasteiger partial charge is 0.337 e. The number of aromatic nitrogens is 2. The number of carbonyl (C=O) groups is 1. The summed E-state index contributed by atoms with van der Waals surface area (Å²) in [5.74, 6) is -0.356. The van der Waals surface area contributed by atoms with Crippen molar-refractivity contribution >= 4 is 23.3 Å². The molecule has 7 heteroatoms. The maximum atomic E-state index is 12.0. The first-order chi connectivity index (χ1) is 14.1. The van der Waals surface area contributed by atoms with E-state index in [4.69, 9.17) is 17.0 Å². The second-order valence-electron chi connectivity index (χ2n) is 6.76. The molecule has 0 bridgehead atoms. The Morgan fingerprint density at radius 3 is 2.79 bits per heavy atom. The van der Waals surface area contributed by atoms with Crippen molar-refractivity contribution in [2.75, 3.05) is 13.7 Å². The Kier molecular flexibility index (Phi) is 5.31. The topological polar surface area (TPSA) is 59.4 Å². The van der Waals surface area contributed by atoms with Gasteiger partial charge in [-0.25, -0.2) is 4.79 Å². The lowest BCUT2D eigenvalue weighted by molar-refractivity contribution is 0.0600. The Balaban J connectivity index is 1.79. The number of hydrogen-bond acceptors (Lipinski definition) is 4. The summed E-state index contributed by atoms with van der Waals surface area (Å²) in [7, 11) is 1.39. The summed E-state index contributed by atoms with van der Waals surface area (Å²) >= 11 is 5.61. The van der Waals surface area contributed by atoms with Gasteiger partial charge in [0.2, 0.25) is 0 Å². The standard InChI is InChI=1S/C22H22N4O2S/c1-3-25-20(19(24-22(25)29)17-10-4-5-12-23-17)18-11-7-13-26(18)16-9-6-8-15(14-16)21(27)28-2/h4-14,19-20H,3H2,1-2H3,(H,24,29)/t19-,20+/m1/s1. The first kappa shape index (κ1) is 19.1. The van der Waals surface area contributed by atoms with Crippen LogP contribution >= 0.6 is 12.2 Å². The Bertz CT molecular complexity index is 1030. The second kappa shape index (κ2) is 8.05. The number of esters is 1. The van der Waals surface area contributed by atoms with E-state index >= 15 is 0 Å². The zero-order valence-electron chi connectivity index (χ0n) is 16.3. The van der Waals surface area contributed by atoms with E-state index in [9.17, 15) is 4.79 Å². The molecule has 0 aliphatic carbocycles. The highest BCUT2D eigenvalue weighted by Gasteiger charge is 2.40. The minimum atomic E-state index is -0.356. The van der Waals surface area contributed by atoms with Gasteiger partial charge < -0.3 is 19.5 Å². The van der Waals surface area contributed by atoms with Crippen molar-refractivity contribution in [2.45, 2.75) is 19.0 Å². The number of nitrogens with zero attached hydrogens (tertiary/aromatic N) is 3. The van der Waals surface area contributed by atoms with Gasteiger partial charge >= 0.3 is 5.97 Å². The molecule has 29 heavy (non-hydrogen) atoms. The lowest BCUT2D eigenvalue weighted by Gasteiger charge is -2.28. The summed E-state index contributed by atoms with van der Waals surface area (Å²) in [6.07, 6.45) is 3.79. The Hall–Kier alpha value is -3.19. The fraction of sp³-hybridized carbons (Fsp3) is 0.227. The average Bonchev–Trinajstić information content (AvgIpc) is 3.37. The summed E-state index contributed by atoms with van der Waals surface area (Å²) in [6, 6.07) is 17.3. The molecule has 0 spiro atoms. The normalized spacial score (nSPS) is 18.6. The lowest BCUT2D eigenvalue weighted by Crippen LogP contribution is -2.30. The molecule has 1 saturated heterocycles. The molecule has 2 aromatic heterocycles. The molecule has 0 saturated carbocycles. The van der Waals surface area contributed by atoms with E-state index in [1.165, 1.54) is 7.11 Å². The molecule has 1 aliphatic rings. The van der Waals surface area contributed by atoms with Crippen LogP contribution in [0.4, 0.5) is 0 Å². The Labute approximate surface area is 175 Å². The van der Waals surface area contributed by atoms with Crippen molar-refractivity contribution in [3.63, 3.8) is 0 Å². The first-order valence-electron chi connectivity index (χ1n) is 9.48. The van der Waals surface area contributed by atoms with E-state index in [1.54, 1.807) is 12.3 Å². The van der Waals surface area contributed by atoms with Crippen molar-refractivity contribution in [3.05, 3.63) is 83.9 Å². The number of likely N-dealkylation sites (N-methyl/N-ethyl adjacent to an activating group) is 1. The summed E-state index contributed by atoms with van der Waals surface area (Å²) < 4.78 is 6.96. The molecule has 0 unspecified atom stereocenters. The van der Waals surface area contributed by atoms with Crippen molar-refractivity contribution in [1.29, 1.82) is 0 Å². The van der Waals surface area contributed by atoms with E-state index in [0.29, 0.717) is 10.7 Å². The first-order valence-corrected chi connectivity index (χ1v) is 9.89. The molecule has 148 valence electrons. The number of nitrogens with one attached hydrogen (secondary N) is 1. The summed E-state index contributed by atoms with van der Waals surface area (Å²) in [5, 5.41) is 4.15. The van der Waals surface area contributed by atoms with Crippen molar-refractivity contribution < 1.29 is 9.53 Å². The largest absolute Gasteiger partial charge is 0.465 e. The van der Waals surface area contributed by atoms with Gasteiger partial charge in [0.15, 0.2) is 5.11 Å². The highest BCUT2D eigenvalue weighted by Crippen LogP contribution is 2.39. The maximum absolute atomic E-state index is 12.0. The SMILES string of the molecule is CCN1C(=S)N[C@H](c2ccccn2)[C@@H]1c1cccn1-c1cccc(C(=O)OC)c1. The fourth-order valence-corrected chi connectivity index (χ4v) is 4.21. The third-order valence-corrected chi connectivity index (χ3v) is 5.52. The minimum Gasteiger partial charge on any atom is -0.465 e. The lowest BCUT2D eigenvalue weighted by atomic mass is 10.0. The predicted molar refractivity (Wildman–Crippen MR) is 115 cm³/mol. The number of ether oxygens (including phenoxy) is 1. The van der Waals surface area contributed by atoms with Crippen LogP contribution in [0.2, 0.25) is 0 Å². The van der Waals surface area contributed by atoms with Gasteiger partial charge in [-0.1, -0.05) is 12.1 Å². The molecule has 1 N–H and O–H groups in total. The highest BCUT2D eigenvalue weighted by molar-refractivity contribution is 7.80. The molecule has 2 atom stereocenters. The average molecular weight is 407 g/mol. The molecule has 3 heterocycles. The van der Waals surface area contributed by atoms with E-state index in [1.807, 2.05) is 48.7 Å². The van der Waals surface area contributed by atoms with Crippen LogP contribution in [0.15, 0.2) is 67.0 Å². The van der Waals surface area contributed by atoms with Crippen LogP contribution < -0.4 is 5.32 Å². The van der Waals surface area contributed by atoms with Crippen LogP contribution in [0, 0.1) is 0 Å². The zero-order valence-corrected chi connectivity index (χ0v) is 17.1. The summed E-state index contributed by atoms with van der Waals surface area (Å²) in [5.41, 5.74) is 3.41. The molecule has 3 aromatic rings. The number of benzene rings is 1. The molecule has 0 radical (unpaired) electrons. The summed E-state index contributed by atoms with van der Waals surface area (Å²) in [4.78, 5) is 18.7. The third-order valence-electron chi connectivity index (χ3n) is 5.17. The van der Waals surface area contributed by atoms with Gasteiger partial charge in [0, 0.05) is 30.3 Å². The molecule has 6 nitrogen and oxygen atoms in total. The number of methoxy groups -OCH3 is 1. The van der Waals surface area contributed by atoms with Crippen LogP contribution in [0.25, 0.3) is 5.69 Å². The van der Waals surface area contributed by atoms with Crippen LogP contribution in [-0.4, -0.2) is 39.2 Å². The number of carbonyl (C=O) groups excluding carboxylic acids is 1. The molecule has 1 fully saturated rings. The van der Waals surface area contributed by atoms with E-state index in [2.05, 4.69) is 32.8 Å². The number of hydrogen-bond donors (Lipinski definition) is 1. The quantitative estimate of drug-likeness (QED) is 0.516. The molecule has 0 amide bonds. The number of thiocarbonyl (C=S) groups is 1. The van der Waals surface area contributed by atoms with Gasteiger partial charge in [0.05, 0.1) is 30.5 Å². The van der Waals surface area contributed by atoms with Crippen LogP contribution in [0.5, 0.6) is 0 Å². The van der Waals surface area contributed by atoms with Gasteiger partial charge in [0.25, 0.3) is 0 Å². The van der Waals surface area contributed by atoms with Crippen molar-refractivity contribution in [1.82, 2.24) is 19.8 Å². The Morgan fingerprint density at radius 2 is 2.07 bits per heavy atom. The van der Waals surface area contributed by atoms with Gasteiger partial charge in [-0.05, 0) is 61.6 Å². The number of pyridine rings is 1. The van der Waals surface area contributed by atoms with Gasteiger partial charge in [-0.15, -0.1) is 0 Å². The molecule has 1 aliphatic heterocycles. The number of rotatable bonds is 5. The van der Waals surface area contributed by atoms with Gasteiger partial charge in [-0.3, -0.25) is 4.98 Å².